The summed E-state index contributed by atoms with van der Waals surface area (Å²) in [5.41, 5.74) is 0. The van der Waals surface area contributed by atoms with Gasteiger partial charge in [0, 0.05) is 32.2 Å². The molecule has 3 heteroatoms. The first-order valence-corrected chi connectivity index (χ1v) is 5.43. The Hall–Kier alpha value is -0.120. The van der Waals surface area contributed by atoms with Crippen molar-refractivity contribution in [3.8, 4) is 0 Å². The zero-order valence-electron chi connectivity index (χ0n) is 8.97. The zero-order chi connectivity index (χ0) is 9.52. The normalized spacial score (nSPS) is 21.7. The van der Waals surface area contributed by atoms with Crippen LogP contribution >= 0.6 is 0 Å². The maximum absolute atomic E-state index is 3.37. The van der Waals surface area contributed by atoms with Gasteiger partial charge in [0.15, 0.2) is 0 Å². The lowest BCUT2D eigenvalue weighted by Gasteiger charge is -2.27. The molecule has 0 aliphatic carbocycles. The van der Waals surface area contributed by atoms with Gasteiger partial charge in [-0.2, -0.15) is 0 Å². The van der Waals surface area contributed by atoms with E-state index in [9.17, 15) is 0 Å². The van der Waals surface area contributed by atoms with Gasteiger partial charge in [0.05, 0.1) is 0 Å². The molecule has 0 saturated carbocycles. The summed E-state index contributed by atoms with van der Waals surface area (Å²) in [6, 6.07) is 0.669. The van der Waals surface area contributed by atoms with Crippen molar-refractivity contribution in [1.82, 2.24) is 15.5 Å². The lowest BCUT2D eigenvalue weighted by atomic mass is 10.2. The number of nitrogens with zero attached hydrogens (tertiary/aromatic N) is 1. The Labute approximate surface area is 81.9 Å². The summed E-state index contributed by atoms with van der Waals surface area (Å²) in [5, 5.41) is 6.64. The second-order valence-electron chi connectivity index (χ2n) is 3.92. The van der Waals surface area contributed by atoms with Crippen molar-refractivity contribution >= 4 is 0 Å². The van der Waals surface area contributed by atoms with E-state index in [-0.39, 0.29) is 0 Å². The molecule has 2 N–H and O–H groups in total. The fourth-order valence-corrected chi connectivity index (χ4v) is 1.70. The van der Waals surface area contributed by atoms with Crippen LogP contribution in [-0.2, 0) is 0 Å². The van der Waals surface area contributed by atoms with Crippen molar-refractivity contribution in [1.29, 1.82) is 0 Å². The van der Waals surface area contributed by atoms with Crippen LogP contribution in [0, 0.1) is 0 Å². The molecule has 1 unspecified atom stereocenters. The summed E-state index contributed by atoms with van der Waals surface area (Å²) in [6.45, 7) is 8.32. The van der Waals surface area contributed by atoms with Gasteiger partial charge in [-0.3, -0.25) is 0 Å². The summed E-state index contributed by atoms with van der Waals surface area (Å²) in [7, 11) is 2.04. The van der Waals surface area contributed by atoms with Gasteiger partial charge in [-0.25, -0.2) is 0 Å². The van der Waals surface area contributed by atoms with Gasteiger partial charge in [0.2, 0.25) is 0 Å². The molecule has 0 bridgehead atoms. The van der Waals surface area contributed by atoms with Crippen LogP contribution in [0.5, 0.6) is 0 Å². The first-order chi connectivity index (χ1) is 6.33. The van der Waals surface area contributed by atoms with Crippen LogP contribution in [0.25, 0.3) is 0 Å². The summed E-state index contributed by atoms with van der Waals surface area (Å²) in [6.07, 6.45) is 2.61. The first kappa shape index (κ1) is 11.0. The van der Waals surface area contributed by atoms with E-state index in [2.05, 4.69) is 22.5 Å². The minimum absolute atomic E-state index is 0.669. The molecular formula is C10H23N3. The molecule has 13 heavy (non-hydrogen) atoms. The molecule has 3 nitrogen and oxygen atoms in total. The Morgan fingerprint density at radius 2 is 2.08 bits per heavy atom. The predicted octanol–water partition coefficient (Wildman–Crippen LogP) is 0.280. The number of rotatable bonds is 5. The van der Waals surface area contributed by atoms with E-state index < -0.39 is 0 Å². The van der Waals surface area contributed by atoms with Crippen LogP contribution in [0.3, 0.4) is 0 Å². The molecule has 0 aromatic rings. The lowest BCUT2D eigenvalue weighted by molar-refractivity contribution is 0.234. The molecular weight excluding hydrogens is 162 g/mol. The largest absolute Gasteiger partial charge is 0.317 e. The summed E-state index contributed by atoms with van der Waals surface area (Å²) in [4.78, 5) is 2.55. The summed E-state index contributed by atoms with van der Waals surface area (Å²) in [5.74, 6) is 0. The molecule has 1 aliphatic heterocycles. The smallest absolute Gasteiger partial charge is 0.0107 e. The van der Waals surface area contributed by atoms with Crippen molar-refractivity contribution in [2.45, 2.75) is 25.8 Å². The Bertz CT molecular complexity index is 121. The predicted molar refractivity (Wildman–Crippen MR) is 57.1 cm³/mol. The zero-order valence-corrected chi connectivity index (χ0v) is 8.97. The maximum atomic E-state index is 3.37. The van der Waals surface area contributed by atoms with Gasteiger partial charge in [0.1, 0.15) is 0 Å². The molecule has 1 fully saturated rings. The van der Waals surface area contributed by atoms with Gasteiger partial charge in [-0.1, -0.05) is 0 Å². The lowest BCUT2D eigenvalue weighted by Crippen LogP contribution is -2.43. The number of nitrogens with one attached hydrogen (secondary N) is 2. The molecule has 78 valence electrons. The molecule has 1 aliphatic rings. The van der Waals surface area contributed by atoms with Crippen molar-refractivity contribution in [3.05, 3.63) is 0 Å². The van der Waals surface area contributed by atoms with Gasteiger partial charge >= 0.3 is 0 Å². The SMILES string of the molecule is CNC(C)CCCN1CCNCC1. The maximum Gasteiger partial charge on any atom is 0.0107 e. The third kappa shape index (κ3) is 4.60. The number of piperazine rings is 1. The van der Waals surface area contributed by atoms with E-state index >= 15 is 0 Å². The molecule has 1 heterocycles. The van der Waals surface area contributed by atoms with Crippen LogP contribution in [-0.4, -0.2) is 50.7 Å². The molecule has 0 aromatic carbocycles. The average molecular weight is 185 g/mol. The minimum Gasteiger partial charge on any atom is -0.317 e. The van der Waals surface area contributed by atoms with Crippen molar-refractivity contribution in [2.75, 3.05) is 39.8 Å². The van der Waals surface area contributed by atoms with Crippen molar-refractivity contribution in [3.63, 3.8) is 0 Å². The monoisotopic (exact) mass is 185 g/mol. The summed E-state index contributed by atoms with van der Waals surface area (Å²) < 4.78 is 0. The Morgan fingerprint density at radius 3 is 2.69 bits per heavy atom. The molecule has 0 amide bonds. The second-order valence-corrected chi connectivity index (χ2v) is 3.92. The topological polar surface area (TPSA) is 27.3 Å². The fraction of sp³-hybridized carbons (Fsp3) is 1.00. The highest BCUT2D eigenvalue weighted by Gasteiger charge is 2.08. The first-order valence-electron chi connectivity index (χ1n) is 5.43. The third-order valence-electron chi connectivity index (χ3n) is 2.81. The number of hydrogen-bond donors (Lipinski definition) is 2. The highest BCUT2D eigenvalue weighted by atomic mass is 15.2. The quantitative estimate of drug-likeness (QED) is 0.644. The van der Waals surface area contributed by atoms with E-state index in [4.69, 9.17) is 0 Å². The van der Waals surface area contributed by atoms with E-state index in [1.165, 1.54) is 45.6 Å². The van der Waals surface area contributed by atoms with E-state index in [1.54, 1.807) is 0 Å². The van der Waals surface area contributed by atoms with Gasteiger partial charge in [-0.15, -0.1) is 0 Å². The van der Waals surface area contributed by atoms with Gasteiger partial charge in [0.25, 0.3) is 0 Å². The van der Waals surface area contributed by atoms with Gasteiger partial charge in [-0.05, 0) is 33.4 Å². The minimum atomic E-state index is 0.669. The van der Waals surface area contributed by atoms with E-state index in [0.717, 1.165) is 0 Å². The summed E-state index contributed by atoms with van der Waals surface area (Å²) >= 11 is 0. The Balaban J connectivity index is 1.98. The van der Waals surface area contributed by atoms with Crippen molar-refractivity contribution < 1.29 is 0 Å². The standard InChI is InChI=1S/C10H23N3/c1-10(11-2)4-3-7-13-8-5-12-6-9-13/h10-12H,3-9H2,1-2H3. The average Bonchev–Trinajstić information content (AvgIpc) is 2.19. The molecule has 1 atom stereocenters. The molecule has 0 spiro atoms. The van der Waals surface area contributed by atoms with Crippen LogP contribution in [0.2, 0.25) is 0 Å². The van der Waals surface area contributed by atoms with Crippen LogP contribution < -0.4 is 10.6 Å². The molecule has 0 aromatic heterocycles. The molecule has 0 radical (unpaired) electrons. The fourth-order valence-electron chi connectivity index (χ4n) is 1.70. The molecule has 1 saturated heterocycles. The van der Waals surface area contributed by atoms with Crippen LogP contribution in [0.4, 0.5) is 0 Å². The molecule has 1 rings (SSSR count). The Morgan fingerprint density at radius 1 is 1.38 bits per heavy atom. The Kier molecular flexibility index (Phi) is 5.35. The highest BCUT2D eigenvalue weighted by Crippen LogP contribution is 2.00. The third-order valence-corrected chi connectivity index (χ3v) is 2.81. The highest BCUT2D eigenvalue weighted by molar-refractivity contribution is 4.68. The van der Waals surface area contributed by atoms with Crippen molar-refractivity contribution in [2.24, 2.45) is 0 Å². The van der Waals surface area contributed by atoms with Crippen LogP contribution in [0.1, 0.15) is 19.8 Å². The van der Waals surface area contributed by atoms with Crippen LogP contribution in [0.15, 0.2) is 0 Å². The van der Waals surface area contributed by atoms with E-state index in [1.807, 2.05) is 7.05 Å². The second kappa shape index (κ2) is 6.35. The van der Waals surface area contributed by atoms with Gasteiger partial charge < -0.3 is 15.5 Å². The number of hydrogen-bond acceptors (Lipinski definition) is 3. The van der Waals surface area contributed by atoms with E-state index in [0.29, 0.717) is 6.04 Å².